The number of carbonyl (C=O) groups is 1. The number of hydrogen-bond acceptors (Lipinski definition) is 3. The zero-order valence-electron chi connectivity index (χ0n) is 15.1. The van der Waals surface area contributed by atoms with E-state index in [0.29, 0.717) is 0 Å². The van der Waals surface area contributed by atoms with E-state index in [1.54, 1.807) is 6.33 Å². The van der Waals surface area contributed by atoms with Crippen LogP contribution in [0.3, 0.4) is 0 Å². The van der Waals surface area contributed by atoms with Gasteiger partial charge in [0.2, 0.25) is 0 Å². The molecule has 1 aliphatic heterocycles. The van der Waals surface area contributed by atoms with Crippen molar-refractivity contribution in [3.63, 3.8) is 0 Å². The van der Waals surface area contributed by atoms with Crippen molar-refractivity contribution in [2.75, 3.05) is 6.54 Å². The number of urea groups is 1. The Hall–Kier alpha value is -2.89. The van der Waals surface area contributed by atoms with Crippen molar-refractivity contribution < 1.29 is 4.79 Å². The van der Waals surface area contributed by atoms with Crippen LogP contribution in [0.1, 0.15) is 43.2 Å². The molecule has 1 fully saturated rings. The van der Waals surface area contributed by atoms with Gasteiger partial charge < -0.3 is 14.8 Å². The first kappa shape index (κ1) is 16.6. The van der Waals surface area contributed by atoms with Crippen molar-refractivity contribution in [3.05, 3.63) is 60.2 Å². The van der Waals surface area contributed by atoms with Gasteiger partial charge >= 0.3 is 6.03 Å². The van der Waals surface area contributed by atoms with Crippen molar-refractivity contribution >= 4 is 16.8 Å². The summed E-state index contributed by atoms with van der Waals surface area (Å²) >= 11 is 0. The van der Waals surface area contributed by atoms with Crippen LogP contribution in [0.4, 0.5) is 4.79 Å². The smallest absolute Gasteiger partial charge is 0.318 e. The molecule has 134 valence electrons. The second kappa shape index (κ2) is 6.78. The predicted octanol–water partition coefficient (Wildman–Crippen LogP) is 3.58. The average Bonchev–Trinajstić information content (AvgIpc) is 3.30. The Morgan fingerprint density at radius 2 is 2.04 bits per heavy atom. The molecule has 2 heterocycles. The second-order valence-electron chi connectivity index (χ2n) is 6.89. The third-order valence-corrected chi connectivity index (χ3v) is 5.17. The van der Waals surface area contributed by atoms with Crippen LogP contribution in [0, 0.1) is 0 Å². The quantitative estimate of drug-likeness (QED) is 0.786. The van der Waals surface area contributed by atoms with Crippen LogP contribution >= 0.6 is 0 Å². The van der Waals surface area contributed by atoms with Gasteiger partial charge in [0.15, 0.2) is 5.82 Å². The third-order valence-electron chi connectivity index (χ3n) is 5.17. The summed E-state index contributed by atoms with van der Waals surface area (Å²) in [6.45, 7) is 2.70. The Morgan fingerprint density at radius 1 is 1.23 bits per heavy atom. The molecule has 0 spiro atoms. The number of fused-ring (bicyclic) bond motifs is 1. The number of likely N-dealkylation sites (tertiary alicyclic amines) is 1. The molecule has 2 amide bonds. The van der Waals surface area contributed by atoms with Gasteiger partial charge in [-0.3, -0.25) is 0 Å². The topological polar surface area (TPSA) is 63.1 Å². The second-order valence-corrected chi connectivity index (χ2v) is 6.89. The first-order chi connectivity index (χ1) is 12.6. The van der Waals surface area contributed by atoms with Crippen LogP contribution < -0.4 is 5.32 Å². The lowest BCUT2D eigenvalue weighted by molar-refractivity contribution is 0.189. The minimum atomic E-state index is -0.191. The highest BCUT2D eigenvalue weighted by atomic mass is 16.2. The van der Waals surface area contributed by atoms with Crippen LogP contribution in [-0.4, -0.2) is 32.2 Å². The summed E-state index contributed by atoms with van der Waals surface area (Å²) in [7, 11) is 1.88. The van der Waals surface area contributed by atoms with Crippen molar-refractivity contribution in [2.45, 2.75) is 31.8 Å². The number of nitrogens with one attached hydrogen (secondary N) is 1. The number of hydrogen-bond donors (Lipinski definition) is 1. The monoisotopic (exact) mass is 349 g/mol. The Labute approximate surface area is 152 Å². The lowest BCUT2D eigenvalue weighted by Gasteiger charge is -2.27. The fraction of sp³-hybridized carbons (Fsp3) is 0.350. The van der Waals surface area contributed by atoms with Crippen LogP contribution in [-0.2, 0) is 7.05 Å². The molecule has 2 atom stereocenters. The fourth-order valence-corrected chi connectivity index (χ4v) is 3.89. The Morgan fingerprint density at radius 3 is 2.85 bits per heavy atom. The summed E-state index contributed by atoms with van der Waals surface area (Å²) in [4.78, 5) is 14.9. The van der Waals surface area contributed by atoms with E-state index in [-0.39, 0.29) is 18.1 Å². The van der Waals surface area contributed by atoms with Crippen molar-refractivity contribution in [2.24, 2.45) is 7.05 Å². The molecule has 4 rings (SSSR count). The molecule has 1 saturated heterocycles. The number of carbonyl (C=O) groups excluding carboxylic acids is 1. The average molecular weight is 349 g/mol. The van der Waals surface area contributed by atoms with Gasteiger partial charge in [-0.1, -0.05) is 42.5 Å². The molecular formula is C20H23N5O. The normalized spacial score (nSPS) is 18.2. The maximum Gasteiger partial charge on any atom is 0.318 e. The van der Waals surface area contributed by atoms with Gasteiger partial charge in [0, 0.05) is 13.6 Å². The van der Waals surface area contributed by atoms with Gasteiger partial charge in [0.1, 0.15) is 6.33 Å². The molecule has 3 aromatic rings. The van der Waals surface area contributed by atoms with E-state index in [2.05, 4.69) is 51.9 Å². The van der Waals surface area contributed by atoms with Crippen molar-refractivity contribution in [1.82, 2.24) is 25.0 Å². The highest BCUT2D eigenvalue weighted by Gasteiger charge is 2.32. The molecule has 6 nitrogen and oxygen atoms in total. The summed E-state index contributed by atoms with van der Waals surface area (Å²) in [5, 5.41) is 13.5. The molecule has 0 radical (unpaired) electrons. The minimum absolute atomic E-state index is 0.0454. The first-order valence-electron chi connectivity index (χ1n) is 9.04. The highest BCUT2D eigenvalue weighted by molar-refractivity contribution is 5.87. The summed E-state index contributed by atoms with van der Waals surface area (Å²) < 4.78 is 1.83. The molecule has 6 heteroatoms. The molecule has 1 aliphatic rings. The third kappa shape index (κ3) is 2.92. The molecule has 26 heavy (non-hydrogen) atoms. The van der Waals surface area contributed by atoms with E-state index in [0.717, 1.165) is 25.2 Å². The van der Waals surface area contributed by atoms with E-state index in [1.807, 2.05) is 29.5 Å². The number of benzene rings is 2. The molecule has 1 aromatic heterocycles. The standard InChI is InChI=1S/C20H23N5O/c1-14(19-23-21-13-24(19)2)22-20(26)25-12-6-11-18(25)17-10-5-8-15-7-3-4-9-16(15)17/h3-5,7-10,13-14,18H,6,11-12H2,1-2H3,(H,22,26)/t14-,18+/m1/s1. The maximum absolute atomic E-state index is 12.9. The Balaban J connectivity index is 1.58. The van der Waals surface area contributed by atoms with Crippen LogP contribution in [0.2, 0.25) is 0 Å². The SMILES string of the molecule is C[C@@H](NC(=O)N1CCC[C@H]1c1cccc2ccccc12)c1nncn1C. The largest absolute Gasteiger partial charge is 0.328 e. The molecule has 1 N–H and O–H groups in total. The van der Waals surface area contributed by atoms with E-state index < -0.39 is 0 Å². The van der Waals surface area contributed by atoms with Crippen molar-refractivity contribution in [1.29, 1.82) is 0 Å². The van der Waals surface area contributed by atoms with E-state index in [9.17, 15) is 4.79 Å². The molecule has 2 aromatic carbocycles. The van der Waals surface area contributed by atoms with E-state index >= 15 is 0 Å². The Kier molecular flexibility index (Phi) is 4.32. The van der Waals surface area contributed by atoms with Gasteiger partial charge in [-0.25, -0.2) is 4.79 Å². The number of nitrogens with zero attached hydrogens (tertiary/aromatic N) is 4. The van der Waals surface area contributed by atoms with E-state index in [4.69, 9.17) is 0 Å². The van der Waals surface area contributed by atoms with Crippen LogP contribution in [0.25, 0.3) is 10.8 Å². The molecule has 0 saturated carbocycles. The molecule has 0 unspecified atom stereocenters. The highest BCUT2D eigenvalue weighted by Crippen LogP contribution is 2.36. The van der Waals surface area contributed by atoms with E-state index in [1.165, 1.54) is 16.3 Å². The van der Waals surface area contributed by atoms with Crippen LogP contribution in [0.5, 0.6) is 0 Å². The van der Waals surface area contributed by atoms with Gasteiger partial charge in [0.25, 0.3) is 0 Å². The molecule has 0 bridgehead atoms. The zero-order valence-corrected chi connectivity index (χ0v) is 15.1. The summed E-state index contributed by atoms with van der Waals surface area (Å²) in [6.07, 6.45) is 3.65. The lowest BCUT2D eigenvalue weighted by Crippen LogP contribution is -2.41. The van der Waals surface area contributed by atoms with Gasteiger partial charge in [0.05, 0.1) is 12.1 Å². The summed E-state index contributed by atoms with van der Waals surface area (Å²) in [5.74, 6) is 0.749. The van der Waals surface area contributed by atoms with Gasteiger partial charge in [-0.15, -0.1) is 10.2 Å². The number of aromatic nitrogens is 3. The Bertz CT molecular complexity index is 929. The maximum atomic E-state index is 12.9. The fourth-order valence-electron chi connectivity index (χ4n) is 3.89. The molecular weight excluding hydrogens is 326 g/mol. The van der Waals surface area contributed by atoms with Crippen LogP contribution in [0.15, 0.2) is 48.8 Å². The molecule has 0 aliphatic carbocycles. The number of aryl methyl sites for hydroxylation is 1. The summed E-state index contributed by atoms with van der Waals surface area (Å²) in [5.41, 5.74) is 1.22. The van der Waals surface area contributed by atoms with Crippen molar-refractivity contribution in [3.8, 4) is 0 Å². The number of rotatable bonds is 3. The first-order valence-corrected chi connectivity index (χ1v) is 9.04. The summed E-state index contributed by atoms with van der Waals surface area (Å²) in [6, 6.07) is 14.6. The van der Waals surface area contributed by atoms with Gasteiger partial charge in [-0.2, -0.15) is 0 Å². The van der Waals surface area contributed by atoms with Gasteiger partial charge in [-0.05, 0) is 36.1 Å². The lowest BCUT2D eigenvalue weighted by atomic mass is 9.97. The zero-order chi connectivity index (χ0) is 18.1. The predicted molar refractivity (Wildman–Crippen MR) is 101 cm³/mol. The number of amides is 2. The minimum Gasteiger partial charge on any atom is -0.328 e.